The lowest BCUT2D eigenvalue weighted by molar-refractivity contribution is -0.127. The number of benzene rings is 1. The van der Waals surface area contributed by atoms with Crippen molar-refractivity contribution in [2.24, 2.45) is 11.8 Å². The van der Waals surface area contributed by atoms with Gasteiger partial charge in [-0.3, -0.25) is 4.79 Å². The fourth-order valence-electron chi connectivity index (χ4n) is 3.13. The van der Waals surface area contributed by atoms with E-state index in [0.717, 1.165) is 37.0 Å². The molecule has 1 aromatic carbocycles. The lowest BCUT2D eigenvalue weighted by Crippen LogP contribution is -2.37. The largest absolute Gasteiger partial charge is 0.431 e. The number of halogens is 1. The predicted octanol–water partition coefficient (Wildman–Crippen LogP) is 4.02. The number of aromatic nitrogens is 1. The summed E-state index contributed by atoms with van der Waals surface area (Å²) in [6.07, 6.45) is 4.10. The lowest BCUT2D eigenvalue weighted by atomic mass is 9.80. The number of hydrogen-bond acceptors (Lipinski definition) is 5. The Bertz CT molecular complexity index is 771. The number of thioether (sulfide) groups is 1. The van der Waals surface area contributed by atoms with Crippen LogP contribution in [0.1, 0.15) is 25.7 Å². The van der Waals surface area contributed by atoms with E-state index in [4.69, 9.17) is 21.3 Å². The van der Waals surface area contributed by atoms with Crippen LogP contribution in [-0.2, 0) is 4.79 Å². The van der Waals surface area contributed by atoms with Crippen LogP contribution in [0.25, 0.3) is 11.1 Å². The van der Waals surface area contributed by atoms with Crippen molar-refractivity contribution in [3.63, 3.8) is 0 Å². The molecule has 7 heteroatoms. The number of hydrogen-bond donors (Lipinski definition) is 1. The maximum atomic E-state index is 12.2. The Kier molecular flexibility index (Phi) is 5.64. The highest BCUT2D eigenvalue weighted by Gasteiger charge is 2.31. The molecule has 0 bridgehead atoms. The molecule has 3 rings (SSSR count). The summed E-state index contributed by atoms with van der Waals surface area (Å²) in [5, 5.41) is 12.5. The molecule has 1 fully saturated rings. The number of fused-ring (bicyclic) bond motifs is 1. The molecule has 0 spiro atoms. The third-order valence-corrected chi connectivity index (χ3v) is 5.59. The summed E-state index contributed by atoms with van der Waals surface area (Å²) in [5.74, 6) is 1.02. The van der Waals surface area contributed by atoms with Crippen molar-refractivity contribution in [1.82, 2.24) is 10.3 Å². The molecule has 1 aliphatic rings. The van der Waals surface area contributed by atoms with Gasteiger partial charge < -0.3 is 9.73 Å². The van der Waals surface area contributed by atoms with Crippen LogP contribution < -0.4 is 5.32 Å². The first-order valence-electron chi connectivity index (χ1n) is 8.01. The number of amides is 1. The molecule has 0 unspecified atom stereocenters. The fraction of sp³-hybridized carbons (Fsp3) is 0.471. The van der Waals surface area contributed by atoms with E-state index in [9.17, 15) is 4.79 Å². The van der Waals surface area contributed by atoms with E-state index in [2.05, 4.69) is 10.3 Å². The highest BCUT2D eigenvalue weighted by atomic mass is 35.5. The van der Waals surface area contributed by atoms with E-state index in [1.807, 2.05) is 12.1 Å². The van der Waals surface area contributed by atoms with E-state index in [1.54, 1.807) is 12.1 Å². The zero-order valence-electron chi connectivity index (χ0n) is 13.1. The maximum absolute atomic E-state index is 12.2. The molecule has 2 atom stereocenters. The average Bonchev–Trinajstić information content (AvgIpc) is 3.00. The normalized spacial score (nSPS) is 20.7. The fourth-order valence-corrected chi connectivity index (χ4v) is 4.36. The van der Waals surface area contributed by atoms with Crippen molar-refractivity contribution in [2.45, 2.75) is 30.9 Å². The standard InChI is InChI=1S/C17H18ClN3O2S/c18-12-5-6-14-15(9-12)23-17(21-14)24-10-11-3-1-2-4-13(11)16(22)20-8-7-19/h5-6,9,11,13H,1-4,8,10H2,(H,20,22)/t11-,13+/m0/s1. The Morgan fingerprint density at radius 3 is 3.12 bits per heavy atom. The van der Waals surface area contributed by atoms with Gasteiger partial charge in [-0.2, -0.15) is 5.26 Å². The van der Waals surface area contributed by atoms with E-state index in [1.165, 1.54) is 11.8 Å². The van der Waals surface area contributed by atoms with Gasteiger partial charge in [0.05, 0.1) is 6.07 Å². The molecular weight excluding hydrogens is 346 g/mol. The van der Waals surface area contributed by atoms with E-state index < -0.39 is 0 Å². The molecule has 0 saturated heterocycles. The molecule has 1 aliphatic carbocycles. The molecule has 2 aromatic rings. The van der Waals surface area contributed by atoms with Crippen LogP contribution in [0.2, 0.25) is 5.02 Å². The van der Waals surface area contributed by atoms with Gasteiger partial charge >= 0.3 is 0 Å². The van der Waals surface area contributed by atoms with Crippen LogP contribution in [-0.4, -0.2) is 23.2 Å². The van der Waals surface area contributed by atoms with Gasteiger partial charge in [0.2, 0.25) is 5.91 Å². The summed E-state index contributed by atoms with van der Waals surface area (Å²) in [6.45, 7) is 0.0705. The molecule has 1 heterocycles. The van der Waals surface area contributed by atoms with Gasteiger partial charge in [-0.25, -0.2) is 4.98 Å². The van der Waals surface area contributed by atoms with Crippen LogP contribution >= 0.6 is 23.4 Å². The quantitative estimate of drug-likeness (QED) is 0.641. The Balaban J connectivity index is 1.64. The van der Waals surface area contributed by atoms with Crippen molar-refractivity contribution < 1.29 is 9.21 Å². The number of rotatable bonds is 5. The van der Waals surface area contributed by atoms with Crippen molar-refractivity contribution in [2.75, 3.05) is 12.3 Å². The Morgan fingerprint density at radius 2 is 2.29 bits per heavy atom. The minimum absolute atomic E-state index is 0.00815. The highest BCUT2D eigenvalue weighted by Crippen LogP contribution is 2.35. The van der Waals surface area contributed by atoms with E-state index >= 15 is 0 Å². The molecular formula is C17H18ClN3O2S. The summed E-state index contributed by atoms with van der Waals surface area (Å²) >= 11 is 7.50. The monoisotopic (exact) mass is 363 g/mol. The minimum Gasteiger partial charge on any atom is -0.431 e. The molecule has 1 amide bonds. The minimum atomic E-state index is -0.0292. The number of nitriles is 1. The Hall–Kier alpha value is -1.71. The van der Waals surface area contributed by atoms with Gasteiger partial charge in [-0.15, -0.1) is 0 Å². The smallest absolute Gasteiger partial charge is 0.256 e. The van der Waals surface area contributed by atoms with Crippen molar-refractivity contribution >= 4 is 40.4 Å². The summed E-state index contributed by atoms with van der Waals surface area (Å²) in [5.41, 5.74) is 1.46. The van der Waals surface area contributed by atoms with E-state index in [0.29, 0.717) is 15.8 Å². The number of nitrogens with zero attached hydrogens (tertiary/aromatic N) is 2. The predicted molar refractivity (Wildman–Crippen MR) is 93.8 cm³/mol. The summed E-state index contributed by atoms with van der Waals surface area (Å²) in [6, 6.07) is 7.34. The van der Waals surface area contributed by atoms with Crippen molar-refractivity contribution in [3.05, 3.63) is 23.2 Å². The highest BCUT2D eigenvalue weighted by molar-refractivity contribution is 7.99. The second-order valence-electron chi connectivity index (χ2n) is 5.93. The zero-order valence-corrected chi connectivity index (χ0v) is 14.7. The molecule has 0 aliphatic heterocycles. The second kappa shape index (κ2) is 7.91. The number of carbonyl (C=O) groups excluding carboxylic acids is 1. The maximum Gasteiger partial charge on any atom is 0.256 e. The topological polar surface area (TPSA) is 78.9 Å². The van der Waals surface area contributed by atoms with Gasteiger partial charge in [-0.05, 0) is 30.9 Å². The number of oxazole rings is 1. The third-order valence-electron chi connectivity index (χ3n) is 4.34. The first kappa shape index (κ1) is 17.1. The van der Waals surface area contributed by atoms with Crippen LogP contribution in [0.5, 0.6) is 0 Å². The van der Waals surface area contributed by atoms with E-state index in [-0.39, 0.29) is 24.3 Å². The molecule has 1 saturated carbocycles. The average molecular weight is 364 g/mol. The van der Waals surface area contributed by atoms with Gasteiger partial charge in [0.15, 0.2) is 5.58 Å². The molecule has 24 heavy (non-hydrogen) atoms. The first-order valence-corrected chi connectivity index (χ1v) is 9.37. The Labute approximate surface area is 149 Å². The van der Waals surface area contributed by atoms with Crippen LogP contribution in [0.4, 0.5) is 0 Å². The third kappa shape index (κ3) is 4.03. The van der Waals surface area contributed by atoms with Crippen LogP contribution in [0.15, 0.2) is 27.8 Å². The zero-order chi connectivity index (χ0) is 16.9. The van der Waals surface area contributed by atoms with Crippen molar-refractivity contribution in [1.29, 1.82) is 5.26 Å². The number of nitrogens with one attached hydrogen (secondary N) is 1. The molecule has 0 radical (unpaired) electrons. The second-order valence-corrected chi connectivity index (χ2v) is 7.34. The Morgan fingerprint density at radius 1 is 1.46 bits per heavy atom. The van der Waals surface area contributed by atoms with Gasteiger partial charge in [0.25, 0.3) is 5.22 Å². The molecule has 5 nitrogen and oxygen atoms in total. The summed E-state index contributed by atoms with van der Waals surface area (Å²) < 4.78 is 5.72. The van der Waals surface area contributed by atoms with Crippen LogP contribution in [0, 0.1) is 23.2 Å². The number of carbonyl (C=O) groups is 1. The first-order chi connectivity index (χ1) is 11.7. The SMILES string of the molecule is N#CCNC(=O)[C@@H]1CCCC[C@H]1CSc1nc2ccc(Cl)cc2o1. The van der Waals surface area contributed by atoms with Gasteiger partial charge in [0.1, 0.15) is 12.1 Å². The lowest BCUT2D eigenvalue weighted by Gasteiger charge is -2.29. The summed E-state index contributed by atoms with van der Waals surface area (Å²) in [7, 11) is 0. The van der Waals surface area contributed by atoms with Gasteiger partial charge in [0, 0.05) is 22.8 Å². The molecule has 1 aromatic heterocycles. The van der Waals surface area contributed by atoms with Crippen molar-refractivity contribution in [3.8, 4) is 6.07 Å². The van der Waals surface area contributed by atoms with Crippen LogP contribution in [0.3, 0.4) is 0 Å². The van der Waals surface area contributed by atoms with Gasteiger partial charge in [-0.1, -0.05) is 36.2 Å². The molecule has 1 N–H and O–H groups in total. The molecule has 126 valence electrons. The summed E-state index contributed by atoms with van der Waals surface area (Å²) in [4.78, 5) is 16.7.